The Morgan fingerprint density at radius 2 is 0.600 bits per heavy atom. The average molecular weight is 1330 g/mol. The predicted molar refractivity (Wildman–Crippen MR) is 408 cm³/mol. The van der Waals surface area contributed by atoms with E-state index in [0.29, 0.717) is 23.9 Å². The second kappa shape index (κ2) is 76.2. The highest BCUT2D eigenvalue weighted by atomic mass is 16.7. The highest BCUT2D eigenvalue weighted by Gasteiger charge is 2.22. The number of carboxylic acids is 1. The van der Waals surface area contributed by atoms with Gasteiger partial charge in [0.2, 0.25) is 0 Å². The lowest BCUT2D eigenvalue weighted by molar-refractivity contribution is -0.870. The number of esters is 2. The van der Waals surface area contributed by atoms with E-state index < -0.39 is 24.3 Å². The van der Waals surface area contributed by atoms with Crippen molar-refractivity contribution >= 4 is 17.9 Å². The summed E-state index contributed by atoms with van der Waals surface area (Å²) in [4.78, 5) is 37.6. The van der Waals surface area contributed by atoms with E-state index in [1.54, 1.807) is 0 Å². The van der Waals surface area contributed by atoms with Gasteiger partial charge in [-0.2, -0.15) is 0 Å². The minimum atomic E-state index is -1.63. The first-order chi connectivity index (χ1) is 46.6. The number of carbonyl (C=O) groups excluding carboxylic acids is 3. The molecule has 0 amide bonds. The van der Waals surface area contributed by atoms with Gasteiger partial charge in [-0.25, -0.2) is 0 Å². The molecule has 95 heavy (non-hydrogen) atoms. The van der Waals surface area contributed by atoms with Crippen molar-refractivity contribution in [3.8, 4) is 0 Å². The van der Waals surface area contributed by atoms with Gasteiger partial charge in [-0.05, 0) is 70.6 Å². The van der Waals surface area contributed by atoms with E-state index in [4.69, 9.17) is 18.9 Å². The van der Waals surface area contributed by atoms with Crippen LogP contribution in [0.3, 0.4) is 0 Å². The number of rotatable bonds is 76. The van der Waals surface area contributed by atoms with Gasteiger partial charge in [0.1, 0.15) is 13.2 Å². The quantitative estimate of drug-likeness (QED) is 0.0195. The number of unbranched alkanes of at least 4 members (excludes halogenated alkanes) is 47. The van der Waals surface area contributed by atoms with Gasteiger partial charge in [0, 0.05) is 12.8 Å². The molecule has 0 saturated carbocycles. The van der Waals surface area contributed by atoms with E-state index in [1.165, 1.54) is 263 Å². The molecule has 0 aliphatic rings. The van der Waals surface area contributed by atoms with Crippen LogP contribution in [-0.2, 0) is 33.3 Å². The Labute approximate surface area is 589 Å². The second-order valence-electron chi connectivity index (χ2n) is 28.7. The topological polar surface area (TPSA) is 111 Å². The van der Waals surface area contributed by atoms with Crippen molar-refractivity contribution in [3.05, 3.63) is 85.1 Å². The number of likely N-dealkylation sites (N-methyl/N-ethyl adjacent to an activating group) is 1. The largest absolute Gasteiger partial charge is 0.545 e. The van der Waals surface area contributed by atoms with Gasteiger partial charge in [0.15, 0.2) is 12.4 Å². The molecular formula is C86H155NO8. The van der Waals surface area contributed by atoms with E-state index in [2.05, 4.69) is 98.9 Å². The van der Waals surface area contributed by atoms with Crippen LogP contribution in [0, 0.1) is 0 Å². The van der Waals surface area contributed by atoms with E-state index >= 15 is 0 Å². The molecule has 0 spiro atoms. The fourth-order valence-electron chi connectivity index (χ4n) is 12.0. The van der Waals surface area contributed by atoms with Crippen molar-refractivity contribution in [2.75, 3.05) is 47.5 Å². The number of carboxylic acid groups (broad SMARTS) is 1. The van der Waals surface area contributed by atoms with E-state index in [0.717, 1.165) is 89.9 Å². The SMILES string of the molecule is CC/C=C\C/C=C\C/C=C\C/C=C\C/C=C\C/C=C\C/C=C\CCCCCCCCCCCC(=O)OC(COC(=O)CCCCCCCCCCCCCCCCCCCCCCCCCCCCCCCCCCCCCCCCC)COC(OCC[N+](C)(C)C)C(=O)[O-]. The van der Waals surface area contributed by atoms with Crippen molar-refractivity contribution < 1.29 is 42.9 Å². The van der Waals surface area contributed by atoms with Crippen LogP contribution in [-0.4, -0.2) is 82.3 Å². The first-order valence-corrected chi connectivity index (χ1v) is 40.7. The molecule has 0 radical (unpaired) electrons. The average Bonchev–Trinajstić information content (AvgIpc) is 3.24. The molecule has 0 rings (SSSR count). The fraction of sp³-hybridized carbons (Fsp3) is 0.802. The molecule has 0 aliphatic carbocycles. The highest BCUT2D eigenvalue weighted by molar-refractivity contribution is 5.70. The van der Waals surface area contributed by atoms with Gasteiger partial charge < -0.3 is 33.3 Å². The van der Waals surface area contributed by atoms with Crippen molar-refractivity contribution in [2.24, 2.45) is 0 Å². The van der Waals surface area contributed by atoms with E-state index in [-0.39, 0.29) is 32.2 Å². The van der Waals surface area contributed by atoms with Crippen LogP contribution >= 0.6 is 0 Å². The Bertz CT molecular complexity index is 1840. The minimum absolute atomic E-state index is 0.145. The number of allylic oxidation sites excluding steroid dienone is 14. The van der Waals surface area contributed by atoms with Crippen molar-refractivity contribution in [1.82, 2.24) is 0 Å². The predicted octanol–water partition coefficient (Wildman–Crippen LogP) is 24.8. The van der Waals surface area contributed by atoms with Crippen LogP contribution in [0.1, 0.15) is 386 Å². The number of hydrogen-bond acceptors (Lipinski definition) is 8. The molecule has 0 N–H and O–H groups in total. The lowest BCUT2D eigenvalue weighted by Gasteiger charge is -2.26. The number of hydrogen-bond donors (Lipinski definition) is 0. The van der Waals surface area contributed by atoms with E-state index in [1.807, 2.05) is 21.1 Å². The summed E-state index contributed by atoms with van der Waals surface area (Å²) in [7, 11) is 5.94. The third kappa shape index (κ3) is 77.7. The molecule has 0 aromatic heterocycles. The Kier molecular flexibility index (Phi) is 73.4. The Hall–Kier alpha value is -3.53. The molecule has 2 atom stereocenters. The van der Waals surface area contributed by atoms with Crippen molar-refractivity contribution in [1.29, 1.82) is 0 Å². The molecule has 0 fully saturated rings. The van der Waals surface area contributed by atoms with Gasteiger partial charge in [0.25, 0.3) is 0 Å². The van der Waals surface area contributed by atoms with Crippen LogP contribution in [0.2, 0.25) is 0 Å². The number of ether oxygens (including phenoxy) is 4. The molecule has 552 valence electrons. The van der Waals surface area contributed by atoms with Crippen LogP contribution < -0.4 is 5.11 Å². The number of carbonyl (C=O) groups is 3. The summed E-state index contributed by atoms with van der Waals surface area (Å²) in [5.74, 6) is -2.27. The maximum Gasteiger partial charge on any atom is 0.306 e. The van der Waals surface area contributed by atoms with Crippen molar-refractivity contribution in [2.45, 2.75) is 399 Å². The van der Waals surface area contributed by atoms with E-state index in [9.17, 15) is 19.5 Å². The zero-order chi connectivity index (χ0) is 69.0. The highest BCUT2D eigenvalue weighted by Crippen LogP contribution is 2.20. The Balaban J connectivity index is 3.99. The lowest BCUT2D eigenvalue weighted by Crippen LogP contribution is -2.44. The summed E-state index contributed by atoms with van der Waals surface area (Å²) in [6.45, 7) is 4.68. The Morgan fingerprint density at radius 3 is 0.895 bits per heavy atom. The zero-order valence-electron chi connectivity index (χ0n) is 63.3. The van der Waals surface area contributed by atoms with Gasteiger partial charge in [0.05, 0.1) is 40.3 Å². The van der Waals surface area contributed by atoms with Crippen LogP contribution in [0.15, 0.2) is 85.1 Å². The van der Waals surface area contributed by atoms with Gasteiger partial charge in [-0.3, -0.25) is 9.59 Å². The minimum Gasteiger partial charge on any atom is -0.545 e. The maximum atomic E-state index is 13.0. The van der Waals surface area contributed by atoms with Crippen LogP contribution in [0.4, 0.5) is 0 Å². The van der Waals surface area contributed by atoms with Crippen LogP contribution in [0.25, 0.3) is 0 Å². The van der Waals surface area contributed by atoms with Gasteiger partial charge in [-0.15, -0.1) is 0 Å². The molecule has 0 aliphatic heterocycles. The van der Waals surface area contributed by atoms with Gasteiger partial charge >= 0.3 is 11.9 Å². The molecule has 9 heteroatoms. The summed E-state index contributed by atoms with van der Waals surface area (Å²) < 4.78 is 22.9. The summed E-state index contributed by atoms with van der Waals surface area (Å²) >= 11 is 0. The molecule has 0 bridgehead atoms. The van der Waals surface area contributed by atoms with Gasteiger partial charge in [-0.1, -0.05) is 388 Å². The first kappa shape index (κ1) is 91.5. The molecule has 0 saturated heterocycles. The molecular weight excluding hydrogens is 1170 g/mol. The fourth-order valence-corrected chi connectivity index (χ4v) is 12.0. The molecule has 0 aromatic rings. The first-order valence-electron chi connectivity index (χ1n) is 40.7. The molecule has 0 aromatic carbocycles. The zero-order valence-corrected chi connectivity index (χ0v) is 63.3. The third-order valence-corrected chi connectivity index (χ3v) is 18.2. The summed E-state index contributed by atoms with van der Waals surface area (Å²) in [5.41, 5.74) is 0. The summed E-state index contributed by atoms with van der Waals surface area (Å²) in [6, 6.07) is 0. The van der Waals surface area contributed by atoms with Crippen LogP contribution in [0.5, 0.6) is 0 Å². The monoisotopic (exact) mass is 1330 g/mol. The van der Waals surface area contributed by atoms with Crippen molar-refractivity contribution in [3.63, 3.8) is 0 Å². The summed E-state index contributed by atoms with van der Waals surface area (Å²) in [6.07, 6.45) is 101. The number of quaternary nitrogens is 1. The summed E-state index contributed by atoms with van der Waals surface area (Å²) in [5, 5.41) is 11.9. The molecule has 2 unspecified atom stereocenters. The smallest absolute Gasteiger partial charge is 0.306 e. The normalized spacial score (nSPS) is 13.1. The lowest BCUT2D eigenvalue weighted by atomic mass is 10.0. The second-order valence-corrected chi connectivity index (χ2v) is 28.7. The molecule has 9 nitrogen and oxygen atoms in total. The third-order valence-electron chi connectivity index (χ3n) is 18.2. The number of nitrogens with zero attached hydrogens (tertiary/aromatic N) is 1. The number of aliphatic carboxylic acids is 1. The standard InChI is InChI=1S/C86H155NO8/c1-6-8-10-12-14-16-18-20-22-24-26-28-30-32-34-36-38-39-40-41-42-43-44-45-47-48-50-52-54-56-58-60-62-64-66-68-70-72-74-76-83(88)93-80-82(81-94-86(85(90)91)92-79-78-87(3,4)5)95-84(89)77-75-73-71-69-67-65-63-61-59-57-55-53-51-49-46-37-35-33-31-29-27-25-23-21-19-17-15-13-11-9-7-2/h9,11,15,17,21,23,27,29,33,35,46,49,53,55,82,86H,6-8,10,12-14,16,18-20,22,24-26,28,30-32,34,36-45,47-48,50-52,54,56-81H2,1-5H3/b11-9-,17-15-,23-21-,29-27-,35-33-,49-46-,55-53-. The maximum absolute atomic E-state index is 13.0. The Morgan fingerprint density at radius 1 is 0.326 bits per heavy atom. The molecule has 0 heterocycles.